The molecule has 0 bridgehead atoms. The van der Waals surface area contributed by atoms with Gasteiger partial charge in [0.2, 0.25) is 0 Å². The maximum Gasteiger partial charge on any atom is 0.0671 e. The lowest BCUT2D eigenvalue weighted by atomic mass is 9.92. The van der Waals surface area contributed by atoms with Crippen molar-refractivity contribution >= 4 is 19.3 Å². The van der Waals surface area contributed by atoms with Crippen LogP contribution in [0.25, 0.3) is 0 Å². The Hall–Kier alpha value is -1.28. The number of nitrogens with zero attached hydrogens (tertiary/aromatic N) is 1. The van der Waals surface area contributed by atoms with Gasteiger partial charge in [0.25, 0.3) is 0 Å². The fourth-order valence-corrected chi connectivity index (χ4v) is 4.14. The topological polar surface area (TPSA) is 12.4 Å². The average molecular weight is 239 g/mol. The number of aliphatic imine (C=N–C) groups is 1. The minimum atomic E-state index is -0.364. The maximum absolute atomic E-state index is 4.74. The third kappa shape index (κ3) is 1.59. The van der Waals surface area contributed by atoms with Gasteiger partial charge in [-0.1, -0.05) is 48.6 Å². The van der Waals surface area contributed by atoms with Crippen LogP contribution < -0.4 is 0 Å². The molecule has 0 radical (unpaired) electrons. The van der Waals surface area contributed by atoms with Gasteiger partial charge in [0.15, 0.2) is 0 Å². The molecule has 17 heavy (non-hydrogen) atoms. The molecule has 1 heterocycles. The Balaban J connectivity index is 2.18. The van der Waals surface area contributed by atoms with Crippen molar-refractivity contribution in [2.45, 2.75) is 26.4 Å². The molecule has 0 saturated carbocycles. The summed E-state index contributed by atoms with van der Waals surface area (Å²) in [6.07, 6.45) is 12.3. The summed E-state index contributed by atoms with van der Waals surface area (Å²) in [5.41, 5.74) is 5.41. The van der Waals surface area contributed by atoms with Crippen molar-refractivity contribution < 1.29 is 0 Å². The Morgan fingerprint density at radius 3 is 2.59 bits per heavy atom. The molecule has 0 aromatic heterocycles. The van der Waals surface area contributed by atoms with Crippen LogP contribution in [-0.2, 0) is 0 Å². The van der Waals surface area contributed by atoms with Gasteiger partial charge in [0.1, 0.15) is 0 Å². The predicted molar refractivity (Wildman–Crippen MR) is 77.1 cm³/mol. The van der Waals surface area contributed by atoms with Crippen LogP contribution in [0, 0.1) is 5.92 Å². The first-order valence-corrected chi connectivity index (χ1v) is 8.70. The molecular weight excluding hydrogens is 222 g/mol. The number of hydrogen-bond donors (Lipinski definition) is 0. The van der Waals surface area contributed by atoms with E-state index in [0.29, 0.717) is 5.92 Å². The fraction of sp³-hybridized carbons (Fsp3) is 0.333. The second kappa shape index (κ2) is 3.88. The first-order valence-electron chi connectivity index (χ1n) is 6.20. The van der Waals surface area contributed by atoms with Crippen molar-refractivity contribution in [1.29, 1.82) is 0 Å². The first-order chi connectivity index (χ1) is 8.18. The van der Waals surface area contributed by atoms with Gasteiger partial charge in [-0.05, 0) is 18.9 Å². The lowest BCUT2D eigenvalue weighted by molar-refractivity contribution is 1.04. The zero-order valence-electron chi connectivity index (χ0n) is 10.6. The van der Waals surface area contributed by atoms with Crippen LogP contribution in [0.1, 0.15) is 13.3 Å². The molecule has 1 nitrogen and oxygen atoms in total. The van der Waals surface area contributed by atoms with Crippen molar-refractivity contribution in [3.8, 4) is 0 Å². The molecule has 0 fully saturated rings. The number of rotatable bonds is 1. The average Bonchev–Trinajstić information content (AvgIpc) is 2.91. The zero-order chi connectivity index (χ0) is 12.0. The predicted octanol–water partition coefficient (Wildman–Crippen LogP) is 3.30. The first kappa shape index (κ1) is 10.8. The lowest BCUT2D eigenvalue weighted by Gasteiger charge is -2.13. The van der Waals surface area contributed by atoms with E-state index in [4.69, 9.17) is 4.99 Å². The Morgan fingerprint density at radius 1 is 1.24 bits per heavy atom. The third-order valence-electron chi connectivity index (χ3n) is 3.69. The van der Waals surface area contributed by atoms with Crippen LogP contribution >= 0.6 is 0 Å². The van der Waals surface area contributed by atoms with Crippen LogP contribution in [0.2, 0.25) is 13.1 Å². The summed E-state index contributed by atoms with van der Waals surface area (Å²) in [4.78, 5) is 4.74. The van der Waals surface area contributed by atoms with Gasteiger partial charge < -0.3 is 0 Å². The summed E-state index contributed by atoms with van der Waals surface area (Å²) >= 11 is 0. The molecule has 0 aromatic rings. The third-order valence-corrected chi connectivity index (χ3v) is 5.35. The van der Waals surface area contributed by atoms with E-state index in [0.717, 1.165) is 6.42 Å². The molecule has 0 aromatic carbocycles. The molecular formula is C15H17NSi. The van der Waals surface area contributed by atoms with Crippen LogP contribution in [0.4, 0.5) is 0 Å². The fourth-order valence-electron chi connectivity index (χ4n) is 2.87. The molecule has 0 atom stereocenters. The van der Waals surface area contributed by atoms with Gasteiger partial charge in [0.05, 0.1) is 5.70 Å². The quantitative estimate of drug-likeness (QED) is 0.623. The molecule has 0 saturated heterocycles. The highest BCUT2D eigenvalue weighted by Gasteiger charge is 2.30. The highest BCUT2D eigenvalue weighted by molar-refractivity contribution is 6.73. The largest absolute Gasteiger partial charge is 0.253 e. The summed E-state index contributed by atoms with van der Waals surface area (Å²) in [5, 5.41) is 1.66. The van der Waals surface area contributed by atoms with Crippen LogP contribution in [0.5, 0.6) is 0 Å². The second-order valence-electron chi connectivity index (χ2n) is 5.05. The minimum Gasteiger partial charge on any atom is -0.253 e. The van der Waals surface area contributed by atoms with Gasteiger partial charge >= 0.3 is 0 Å². The van der Waals surface area contributed by atoms with E-state index in [1.807, 2.05) is 0 Å². The van der Waals surface area contributed by atoms with Gasteiger partial charge in [-0.25, -0.2) is 0 Å². The molecule has 86 valence electrons. The molecule has 0 amide bonds. The van der Waals surface area contributed by atoms with Crippen molar-refractivity contribution in [3.05, 3.63) is 47.2 Å². The summed E-state index contributed by atoms with van der Waals surface area (Å²) in [5.74, 6) is 0.453. The maximum atomic E-state index is 4.74. The number of hydrogen-bond acceptors (Lipinski definition) is 1. The molecule has 1 aliphatic heterocycles. The molecule has 0 N–H and O–H groups in total. The van der Waals surface area contributed by atoms with Gasteiger partial charge in [-0.2, -0.15) is 0 Å². The Morgan fingerprint density at radius 2 is 1.94 bits per heavy atom. The minimum absolute atomic E-state index is 0.364. The van der Waals surface area contributed by atoms with Crippen molar-refractivity contribution in [1.82, 2.24) is 0 Å². The van der Waals surface area contributed by atoms with Gasteiger partial charge in [0, 0.05) is 25.6 Å². The molecule has 3 rings (SSSR count). The molecule has 0 unspecified atom stereocenters. The standard InChI is InChI=1S/C15H17NSi/c1-10-14(11-6-4-5-7-11)15-12(16-10)8-9-13(15)17(2)3/h4-8,11H,9H2,1-3H3. The highest BCUT2D eigenvalue weighted by atomic mass is 28.2. The normalized spacial score (nSPS) is 22.4. The highest BCUT2D eigenvalue weighted by Crippen LogP contribution is 2.38. The van der Waals surface area contributed by atoms with Gasteiger partial charge in [-0.3, -0.25) is 4.99 Å². The van der Waals surface area contributed by atoms with E-state index in [1.165, 1.54) is 22.6 Å². The smallest absolute Gasteiger partial charge is 0.0671 e. The Bertz CT molecular complexity index is 552. The van der Waals surface area contributed by atoms with Gasteiger partial charge in [-0.15, -0.1) is 0 Å². The summed E-state index contributed by atoms with van der Waals surface area (Å²) in [7, 11) is -0.364. The van der Waals surface area contributed by atoms with Crippen molar-refractivity contribution in [2.75, 3.05) is 0 Å². The molecule has 2 aliphatic carbocycles. The van der Waals surface area contributed by atoms with E-state index in [1.54, 1.807) is 5.17 Å². The van der Waals surface area contributed by atoms with E-state index in [2.05, 4.69) is 50.4 Å². The van der Waals surface area contributed by atoms with E-state index in [9.17, 15) is 0 Å². The number of fused-ring (bicyclic) bond motifs is 1. The summed E-state index contributed by atoms with van der Waals surface area (Å²) < 4.78 is 0. The van der Waals surface area contributed by atoms with E-state index < -0.39 is 0 Å². The SMILES string of the molecule is CC1=NC2=CCC(=[Si](C)C)C2=C1C1C=CC=C1. The van der Waals surface area contributed by atoms with E-state index in [-0.39, 0.29) is 8.41 Å². The zero-order valence-corrected chi connectivity index (χ0v) is 11.6. The Kier molecular flexibility index (Phi) is 2.47. The summed E-state index contributed by atoms with van der Waals surface area (Å²) in [6.45, 7) is 6.92. The van der Waals surface area contributed by atoms with E-state index >= 15 is 0 Å². The number of allylic oxidation sites excluding steroid dienone is 7. The lowest BCUT2D eigenvalue weighted by Crippen LogP contribution is -2.13. The van der Waals surface area contributed by atoms with Crippen molar-refractivity contribution in [2.24, 2.45) is 10.9 Å². The van der Waals surface area contributed by atoms with Crippen LogP contribution in [-0.4, -0.2) is 19.3 Å². The molecule has 3 aliphatic rings. The van der Waals surface area contributed by atoms with Crippen molar-refractivity contribution in [3.63, 3.8) is 0 Å². The summed E-state index contributed by atoms with van der Waals surface area (Å²) in [6, 6.07) is 0. The van der Waals surface area contributed by atoms with Crippen LogP contribution in [0.3, 0.4) is 0 Å². The monoisotopic (exact) mass is 239 g/mol. The Labute approximate surface area is 104 Å². The molecule has 0 spiro atoms. The molecule has 2 heteroatoms. The second-order valence-corrected chi connectivity index (χ2v) is 7.66. The van der Waals surface area contributed by atoms with Crippen LogP contribution in [0.15, 0.2) is 52.2 Å².